The van der Waals surface area contributed by atoms with Crippen molar-refractivity contribution in [2.24, 2.45) is 6.98 Å². The summed E-state index contributed by atoms with van der Waals surface area (Å²) in [4.78, 5) is 3.85. The first-order valence-corrected chi connectivity index (χ1v) is 4.42. The zero-order valence-electron chi connectivity index (χ0n) is 11.6. The molecule has 0 atom stereocenters. The fourth-order valence-corrected chi connectivity index (χ4v) is 1.42. The van der Waals surface area contributed by atoms with Gasteiger partial charge in [-0.05, 0) is 12.1 Å². The third-order valence-electron chi connectivity index (χ3n) is 1.58. The van der Waals surface area contributed by atoms with Gasteiger partial charge in [-0.1, -0.05) is 28.1 Å². The largest absolute Gasteiger partial charge is 0.340 e. The molecule has 0 bridgehead atoms. The van der Waals surface area contributed by atoms with E-state index in [0.717, 1.165) is 4.47 Å². The Morgan fingerprint density at radius 1 is 1.62 bits per heavy atom. The van der Waals surface area contributed by atoms with E-state index in [-0.39, 0.29) is 11.9 Å². The number of benzene rings is 1. The van der Waals surface area contributed by atoms with E-state index >= 15 is 0 Å². The van der Waals surface area contributed by atoms with Crippen LogP contribution in [-0.4, -0.2) is 9.55 Å². The molecular formula is C10H9BrN2. The Morgan fingerprint density at radius 2 is 2.54 bits per heavy atom. The van der Waals surface area contributed by atoms with Crippen LogP contribution in [0, 0.1) is 0 Å². The third-order valence-corrected chi connectivity index (χ3v) is 2.07. The summed E-state index contributed by atoms with van der Waals surface area (Å²) in [6, 6.07) is 7.02. The van der Waals surface area contributed by atoms with Gasteiger partial charge in [0.15, 0.2) is 0 Å². The molecule has 0 aliphatic rings. The lowest BCUT2D eigenvalue weighted by atomic mass is 10.2. The van der Waals surface area contributed by atoms with E-state index in [2.05, 4.69) is 20.9 Å². The van der Waals surface area contributed by atoms with Gasteiger partial charge in [0, 0.05) is 27.3 Å². The van der Waals surface area contributed by atoms with Gasteiger partial charge < -0.3 is 4.57 Å². The van der Waals surface area contributed by atoms with Gasteiger partial charge >= 0.3 is 0 Å². The molecule has 0 unspecified atom stereocenters. The minimum atomic E-state index is -2.56. The van der Waals surface area contributed by atoms with E-state index in [9.17, 15) is 0 Å². The summed E-state index contributed by atoms with van der Waals surface area (Å²) in [5, 5.41) is 0. The van der Waals surface area contributed by atoms with E-state index in [1.807, 2.05) is 6.07 Å². The van der Waals surface area contributed by atoms with Gasteiger partial charge in [0.2, 0.25) is 0 Å². The van der Waals surface area contributed by atoms with Crippen molar-refractivity contribution in [2.45, 2.75) is 0 Å². The molecule has 0 aliphatic heterocycles. The van der Waals surface area contributed by atoms with Crippen LogP contribution in [0.4, 0.5) is 0 Å². The molecule has 0 N–H and O–H groups in total. The highest BCUT2D eigenvalue weighted by molar-refractivity contribution is 9.10. The van der Waals surface area contributed by atoms with E-state index < -0.39 is 13.3 Å². The number of hydrogen-bond acceptors (Lipinski definition) is 1. The first kappa shape index (κ1) is 4.42. The first-order chi connectivity index (χ1) is 8.30. The van der Waals surface area contributed by atoms with Crippen LogP contribution in [0.3, 0.4) is 0 Å². The molecule has 0 saturated carbocycles. The van der Waals surface area contributed by atoms with Crippen LogP contribution in [0.1, 0.15) is 6.85 Å². The molecule has 0 amide bonds. The van der Waals surface area contributed by atoms with Gasteiger partial charge in [0.25, 0.3) is 0 Å². The Balaban J connectivity index is 2.61. The van der Waals surface area contributed by atoms with Crippen molar-refractivity contribution in [2.75, 3.05) is 0 Å². The summed E-state index contributed by atoms with van der Waals surface area (Å²) in [5.74, 6) is 0. The lowest BCUT2D eigenvalue weighted by molar-refractivity contribution is 0.913. The molecule has 0 radical (unpaired) electrons. The number of imidazole rings is 1. The summed E-state index contributed by atoms with van der Waals surface area (Å²) >= 11 is 3.30. The van der Waals surface area contributed by atoms with E-state index in [1.165, 1.54) is 0 Å². The molecule has 2 aromatic rings. The summed E-state index contributed by atoms with van der Waals surface area (Å²) in [6.07, 6.45) is -0.715. The quantitative estimate of drug-likeness (QED) is 0.751. The van der Waals surface area contributed by atoms with Crippen molar-refractivity contribution in [1.82, 2.24) is 9.55 Å². The highest BCUT2D eigenvalue weighted by Crippen LogP contribution is 2.20. The third kappa shape index (κ3) is 1.80. The van der Waals surface area contributed by atoms with Crippen LogP contribution in [0.2, 0.25) is 0 Å². The molecule has 1 heterocycles. The zero-order chi connectivity index (χ0) is 13.5. The van der Waals surface area contributed by atoms with Gasteiger partial charge in [0.1, 0.15) is 1.37 Å². The van der Waals surface area contributed by atoms with Crippen molar-refractivity contribution >= 4 is 15.9 Å². The Bertz CT molecular complexity index is 590. The summed E-state index contributed by atoms with van der Waals surface area (Å²) in [6.45, 7) is -2.56. The number of aromatic nitrogens is 2. The predicted octanol–water partition coefficient (Wildman–Crippen LogP) is 2.85. The molecule has 3 heteroatoms. The number of rotatable bonds is 1. The lowest BCUT2D eigenvalue weighted by Crippen LogP contribution is -1.78. The smallest absolute Gasteiger partial charge is 0.104 e. The number of halogens is 1. The van der Waals surface area contributed by atoms with E-state index in [0.29, 0.717) is 10.1 Å². The molecule has 0 aliphatic carbocycles. The average Bonchev–Trinajstić information content (AvgIpc) is 2.53. The van der Waals surface area contributed by atoms with Crippen LogP contribution in [-0.2, 0) is 6.98 Å². The van der Waals surface area contributed by atoms with Gasteiger partial charge in [-0.2, -0.15) is 0 Å². The Hall–Kier alpha value is -1.09. The van der Waals surface area contributed by atoms with Crippen molar-refractivity contribution < 1.29 is 6.85 Å². The van der Waals surface area contributed by atoms with E-state index in [4.69, 9.17) is 6.85 Å². The summed E-state index contributed by atoms with van der Waals surface area (Å²) in [7, 11) is 0. The Labute approximate surface area is 92.4 Å². The SMILES string of the molecule is [2H]c1nc(-c2cccc(Br)c2)c([2H])n1C([2H])([2H])[2H]. The zero-order valence-corrected chi connectivity index (χ0v) is 8.17. The Morgan fingerprint density at radius 3 is 3.23 bits per heavy atom. The number of nitrogens with zero attached hydrogens (tertiary/aromatic N) is 2. The van der Waals surface area contributed by atoms with E-state index in [1.54, 1.807) is 18.2 Å². The maximum atomic E-state index is 7.84. The molecule has 0 saturated heterocycles. The highest BCUT2D eigenvalue weighted by Gasteiger charge is 1.99. The van der Waals surface area contributed by atoms with Crippen molar-refractivity contribution in [1.29, 1.82) is 0 Å². The molecule has 0 fully saturated rings. The maximum Gasteiger partial charge on any atom is 0.104 e. The second-order valence-corrected chi connectivity index (χ2v) is 3.43. The fraction of sp³-hybridized carbons (Fsp3) is 0.100. The first-order valence-electron chi connectivity index (χ1n) is 6.13. The van der Waals surface area contributed by atoms with Crippen LogP contribution in [0.25, 0.3) is 11.3 Å². The van der Waals surface area contributed by atoms with Crippen LogP contribution < -0.4 is 0 Å². The normalized spacial score (nSPS) is 16.8. The molecule has 0 spiro atoms. The van der Waals surface area contributed by atoms with Crippen LogP contribution in [0.5, 0.6) is 0 Å². The predicted molar refractivity (Wildman–Crippen MR) is 56.3 cm³/mol. The molecule has 2 nitrogen and oxygen atoms in total. The van der Waals surface area contributed by atoms with Crippen LogP contribution >= 0.6 is 15.9 Å². The minimum Gasteiger partial charge on any atom is -0.340 e. The Kier molecular flexibility index (Phi) is 1.14. The van der Waals surface area contributed by atoms with Crippen molar-refractivity contribution in [3.05, 3.63) is 41.2 Å². The van der Waals surface area contributed by atoms with Crippen molar-refractivity contribution in [3.63, 3.8) is 0 Å². The molecule has 1 aromatic carbocycles. The molecular weight excluding hydrogens is 228 g/mol. The van der Waals surface area contributed by atoms with Gasteiger partial charge in [-0.3, -0.25) is 0 Å². The van der Waals surface area contributed by atoms with Gasteiger partial charge in [-0.25, -0.2) is 4.98 Å². The molecule has 1 aromatic heterocycles. The second kappa shape index (κ2) is 3.34. The molecule has 13 heavy (non-hydrogen) atoms. The summed E-state index contributed by atoms with van der Waals surface area (Å²) < 4.78 is 38.7. The van der Waals surface area contributed by atoms with Gasteiger partial charge in [0.05, 0.1) is 13.4 Å². The average molecular weight is 242 g/mol. The highest BCUT2D eigenvalue weighted by atomic mass is 79.9. The topological polar surface area (TPSA) is 17.8 Å². The maximum absolute atomic E-state index is 7.84. The minimum absolute atomic E-state index is 0.192. The lowest BCUT2D eigenvalue weighted by Gasteiger charge is -1.96. The summed E-state index contributed by atoms with van der Waals surface area (Å²) in [5.41, 5.74) is 0.795. The monoisotopic (exact) mass is 241 g/mol. The van der Waals surface area contributed by atoms with Crippen molar-refractivity contribution in [3.8, 4) is 11.3 Å². The molecule has 66 valence electrons. The van der Waals surface area contributed by atoms with Crippen LogP contribution in [0.15, 0.2) is 41.2 Å². The molecule has 2 rings (SSSR count). The number of hydrogen-bond donors (Lipinski definition) is 0. The fourth-order valence-electron chi connectivity index (χ4n) is 1.02. The van der Waals surface area contributed by atoms with Gasteiger partial charge in [-0.15, -0.1) is 0 Å². The standard InChI is InChI=1S/C10H9BrN2/c1-13-6-10(12-7-13)8-3-2-4-9(11)5-8/h2-7H,1H3/i1D3,6D,7D. The second-order valence-electron chi connectivity index (χ2n) is 2.52.